The van der Waals surface area contributed by atoms with Gasteiger partial charge in [-0.05, 0) is 58.3 Å². The number of aryl methyl sites for hydroxylation is 1. The molecule has 0 aliphatic heterocycles. The number of thioether (sulfide) groups is 1. The number of hydrogen-bond acceptors (Lipinski definition) is 5. The second-order valence-electron chi connectivity index (χ2n) is 6.89. The Labute approximate surface area is 173 Å². The summed E-state index contributed by atoms with van der Waals surface area (Å²) in [6.45, 7) is 3.47. The Kier molecular flexibility index (Phi) is 7.04. The molecule has 0 unspecified atom stereocenters. The van der Waals surface area contributed by atoms with Crippen LogP contribution in [-0.4, -0.2) is 48.7 Å². The van der Waals surface area contributed by atoms with Crippen LogP contribution in [0.3, 0.4) is 0 Å². The largest absolute Gasteiger partial charge is 0.309 e. The fourth-order valence-electron chi connectivity index (χ4n) is 2.75. The first-order valence-electron chi connectivity index (χ1n) is 9.13. The summed E-state index contributed by atoms with van der Waals surface area (Å²) >= 11 is 2.87. The Balaban J connectivity index is 1.77. The smallest absolute Gasteiger partial charge is 0.239 e. The number of aromatic nitrogens is 1. The van der Waals surface area contributed by atoms with E-state index in [1.807, 2.05) is 51.4 Å². The van der Waals surface area contributed by atoms with Gasteiger partial charge in [-0.15, -0.1) is 11.8 Å². The molecule has 0 aliphatic carbocycles. The Bertz CT molecular complexity index is 940. The van der Waals surface area contributed by atoms with Gasteiger partial charge in [0.1, 0.15) is 11.3 Å². The van der Waals surface area contributed by atoms with E-state index in [-0.39, 0.29) is 11.7 Å². The van der Waals surface area contributed by atoms with E-state index in [0.29, 0.717) is 22.9 Å². The summed E-state index contributed by atoms with van der Waals surface area (Å²) in [7, 11) is 4.01. The third-order valence-electron chi connectivity index (χ3n) is 4.26. The molecule has 0 radical (unpaired) electrons. The molecule has 0 bridgehead atoms. The Hall–Kier alpha value is -1.96. The highest BCUT2D eigenvalue weighted by Crippen LogP contribution is 2.31. The first-order chi connectivity index (χ1) is 13.4. The summed E-state index contributed by atoms with van der Waals surface area (Å²) in [5.41, 5.74) is 1.52. The van der Waals surface area contributed by atoms with Crippen LogP contribution >= 0.6 is 23.1 Å². The molecule has 1 heterocycles. The molecular formula is C21H24FN3OS2. The van der Waals surface area contributed by atoms with Crippen LogP contribution in [0, 0.1) is 12.7 Å². The molecule has 148 valence electrons. The lowest BCUT2D eigenvalue weighted by Crippen LogP contribution is -2.34. The lowest BCUT2D eigenvalue weighted by atomic mass is 10.2. The van der Waals surface area contributed by atoms with Crippen LogP contribution in [0.25, 0.3) is 10.2 Å². The van der Waals surface area contributed by atoms with Crippen molar-refractivity contribution in [2.24, 2.45) is 0 Å². The fourth-order valence-corrected chi connectivity index (χ4v) is 4.55. The predicted octanol–water partition coefficient (Wildman–Crippen LogP) is 4.82. The Morgan fingerprint density at radius 2 is 1.89 bits per heavy atom. The van der Waals surface area contributed by atoms with E-state index in [9.17, 15) is 9.18 Å². The molecule has 1 aromatic heterocycles. The molecule has 4 nitrogen and oxygen atoms in total. The number of para-hydroxylation sites is 1. The van der Waals surface area contributed by atoms with E-state index in [2.05, 4.69) is 9.88 Å². The molecule has 3 aromatic rings. The van der Waals surface area contributed by atoms with Gasteiger partial charge in [0.15, 0.2) is 5.13 Å². The van der Waals surface area contributed by atoms with Gasteiger partial charge in [0.05, 0.1) is 10.5 Å². The highest BCUT2D eigenvalue weighted by Gasteiger charge is 2.20. The fraction of sp³-hybridized carbons (Fsp3) is 0.333. The molecule has 0 aliphatic rings. The Morgan fingerprint density at radius 1 is 1.14 bits per heavy atom. The highest BCUT2D eigenvalue weighted by molar-refractivity contribution is 8.00. The molecule has 2 aromatic carbocycles. The van der Waals surface area contributed by atoms with Gasteiger partial charge < -0.3 is 4.90 Å². The lowest BCUT2D eigenvalue weighted by Gasteiger charge is -2.21. The third-order valence-corrected chi connectivity index (χ3v) is 6.30. The van der Waals surface area contributed by atoms with E-state index >= 15 is 0 Å². The van der Waals surface area contributed by atoms with Crippen LogP contribution in [-0.2, 0) is 4.79 Å². The molecule has 0 saturated heterocycles. The van der Waals surface area contributed by atoms with Crippen molar-refractivity contribution < 1.29 is 9.18 Å². The molecule has 0 saturated carbocycles. The van der Waals surface area contributed by atoms with Crippen LogP contribution < -0.4 is 4.90 Å². The number of amides is 1. The standard InChI is InChI=1S/C21H24FN3OS2/c1-15-8-10-16(11-9-15)27-14-19(26)25(13-5-12-24(2)3)21-23-20-17(22)6-4-7-18(20)28-21/h4,6-11H,5,12-14H2,1-3H3. The highest BCUT2D eigenvalue weighted by atomic mass is 32.2. The number of benzene rings is 2. The molecule has 0 spiro atoms. The zero-order chi connectivity index (χ0) is 20.1. The van der Waals surface area contributed by atoms with Gasteiger partial charge in [0.2, 0.25) is 5.91 Å². The van der Waals surface area contributed by atoms with E-state index in [1.165, 1.54) is 34.7 Å². The zero-order valence-corrected chi connectivity index (χ0v) is 17.9. The minimum absolute atomic E-state index is 0.0104. The van der Waals surface area contributed by atoms with Crippen molar-refractivity contribution in [1.29, 1.82) is 0 Å². The monoisotopic (exact) mass is 417 g/mol. The normalized spacial score (nSPS) is 11.3. The third kappa shape index (κ3) is 5.31. The van der Waals surface area contributed by atoms with E-state index < -0.39 is 0 Å². The van der Waals surface area contributed by atoms with Gasteiger partial charge in [0.25, 0.3) is 0 Å². The molecule has 0 N–H and O–H groups in total. The number of halogens is 1. The number of carbonyl (C=O) groups is 1. The summed E-state index contributed by atoms with van der Waals surface area (Å²) in [6.07, 6.45) is 0.826. The zero-order valence-electron chi connectivity index (χ0n) is 16.3. The second kappa shape index (κ2) is 9.49. The maximum absolute atomic E-state index is 14.1. The second-order valence-corrected chi connectivity index (χ2v) is 8.94. The van der Waals surface area contributed by atoms with Gasteiger partial charge in [-0.3, -0.25) is 9.69 Å². The van der Waals surface area contributed by atoms with Crippen molar-refractivity contribution in [1.82, 2.24) is 9.88 Å². The summed E-state index contributed by atoms with van der Waals surface area (Å²) < 4.78 is 14.8. The summed E-state index contributed by atoms with van der Waals surface area (Å²) in [5, 5.41) is 0.563. The average Bonchev–Trinajstić information content (AvgIpc) is 3.09. The SMILES string of the molecule is Cc1ccc(SCC(=O)N(CCCN(C)C)c2nc3c(F)cccc3s2)cc1. The minimum Gasteiger partial charge on any atom is -0.309 e. The van der Waals surface area contributed by atoms with Crippen molar-refractivity contribution >= 4 is 44.4 Å². The number of hydrogen-bond donors (Lipinski definition) is 0. The van der Waals surface area contributed by atoms with Gasteiger partial charge >= 0.3 is 0 Å². The minimum atomic E-state index is -0.352. The van der Waals surface area contributed by atoms with Gasteiger partial charge in [-0.1, -0.05) is 35.1 Å². The molecule has 1 amide bonds. The number of nitrogens with zero attached hydrogens (tertiary/aromatic N) is 3. The van der Waals surface area contributed by atoms with Crippen LogP contribution in [0.5, 0.6) is 0 Å². The first kappa shape index (κ1) is 20.8. The summed E-state index contributed by atoms with van der Waals surface area (Å²) in [5.74, 6) is -0.0396. The maximum Gasteiger partial charge on any atom is 0.239 e. The van der Waals surface area contributed by atoms with Crippen molar-refractivity contribution in [2.45, 2.75) is 18.2 Å². The predicted molar refractivity (Wildman–Crippen MR) is 117 cm³/mol. The molecule has 28 heavy (non-hydrogen) atoms. The Morgan fingerprint density at radius 3 is 2.57 bits per heavy atom. The van der Waals surface area contributed by atoms with Crippen molar-refractivity contribution in [3.63, 3.8) is 0 Å². The van der Waals surface area contributed by atoms with Crippen molar-refractivity contribution in [3.8, 4) is 0 Å². The van der Waals surface area contributed by atoms with Crippen molar-refractivity contribution in [3.05, 3.63) is 53.8 Å². The molecule has 7 heteroatoms. The average molecular weight is 418 g/mol. The number of fused-ring (bicyclic) bond motifs is 1. The lowest BCUT2D eigenvalue weighted by molar-refractivity contribution is -0.116. The van der Waals surface area contributed by atoms with Crippen LogP contribution in [0.2, 0.25) is 0 Å². The maximum atomic E-state index is 14.1. The number of rotatable bonds is 8. The quantitative estimate of drug-likeness (QED) is 0.492. The van der Waals surface area contributed by atoms with Crippen LogP contribution in [0.15, 0.2) is 47.4 Å². The first-order valence-corrected chi connectivity index (χ1v) is 10.9. The van der Waals surface area contributed by atoms with Crippen LogP contribution in [0.1, 0.15) is 12.0 Å². The molecule has 0 fully saturated rings. The molecule has 0 atom stereocenters. The topological polar surface area (TPSA) is 36.4 Å². The summed E-state index contributed by atoms with van der Waals surface area (Å²) in [4.78, 5) is 22.3. The van der Waals surface area contributed by atoms with E-state index in [0.717, 1.165) is 22.6 Å². The molecule has 3 rings (SSSR count). The van der Waals surface area contributed by atoms with Crippen LogP contribution in [0.4, 0.5) is 9.52 Å². The summed E-state index contributed by atoms with van der Waals surface area (Å²) in [6, 6.07) is 13.0. The van der Waals surface area contributed by atoms with Gasteiger partial charge in [-0.25, -0.2) is 9.37 Å². The number of carbonyl (C=O) groups excluding carboxylic acids is 1. The van der Waals surface area contributed by atoms with E-state index in [1.54, 1.807) is 11.0 Å². The van der Waals surface area contributed by atoms with Gasteiger partial charge in [0, 0.05) is 11.4 Å². The van der Waals surface area contributed by atoms with Gasteiger partial charge in [-0.2, -0.15) is 0 Å². The van der Waals surface area contributed by atoms with E-state index in [4.69, 9.17) is 0 Å². The number of anilines is 1. The molecular weight excluding hydrogens is 393 g/mol. The van der Waals surface area contributed by atoms with Crippen molar-refractivity contribution in [2.75, 3.05) is 37.8 Å². The number of thiazole rings is 1.